The minimum Gasteiger partial charge on any atom is -0.493 e. The Hall–Kier alpha value is -3.35. The molecular formula is C21H22N2O5. The average Bonchev–Trinajstić information content (AvgIpc) is 3.21. The highest BCUT2D eigenvalue weighted by molar-refractivity contribution is 5.90. The van der Waals surface area contributed by atoms with E-state index in [2.05, 4.69) is 17.1 Å². The number of aryl methyl sites for hydroxylation is 1. The van der Waals surface area contributed by atoms with Crippen LogP contribution >= 0.6 is 0 Å². The molecule has 0 bridgehead atoms. The molecule has 28 heavy (non-hydrogen) atoms. The average molecular weight is 382 g/mol. The van der Waals surface area contributed by atoms with E-state index in [1.807, 2.05) is 31.2 Å². The van der Waals surface area contributed by atoms with E-state index < -0.39 is 5.97 Å². The van der Waals surface area contributed by atoms with Crippen LogP contribution in [0.15, 0.2) is 47.0 Å². The number of aromatic nitrogens is 2. The number of benzene rings is 2. The molecule has 0 aliphatic rings. The number of esters is 1. The van der Waals surface area contributed by atoms with Crippen molar-refractivity contribution in [3.8, 4) is 22.9 Å². The molecule has 0 unspecified atom stereocenters. The normalized spacial score (nSPS) is 10.5. The maximum atomic E-state index is 12.3. The lowest BCUT2D eigenvalue weighted by atomic mass is 10.1. The van der Waals surface area contributed by atoms with Crippen molar-refractivity contribution in [3.63, 3.8) is 0 Å². The zero-order valence-corrected chi connectivity index (χ0v) is 16.1. The van der Waals surface area contributed by atoms with E-state index >= 15 is 0 Å². The van der Waals surface area contributed by atoms with E-state index in [9.17, 15) is 4.79 Å². The summed E-state index contributed by atoms with van der Waals surface area (Å²) in [5, 5.41) is 3.94. The van der Waals surface area contributed by atoms with Gasteiger partial charge >= 0.3 is 5.97 Å². The summed E-state index contributed by atoms with van der Waals surface area (Å²) in [6.45, 7) is 4.35. The highest BCUT2D eigenvalue weighted by Gasteiger charge is 2.15. The standard InChI is InChI=1S/C21H22N2O5/c1-4-14-6-8-15(9-7-14)20-22-19(28-23-20)13-27-21(24)16-10-11-17(26-5-2)18(12-16)25-3/h6-12H,4-5,13H2,1-3H3. The summed E-state index contributed by atoms with van der Waals surface area (Å²) < 4.78 is 21.1. The van der Waals surface area contributed by atoms with Crippen LogP contribution in [0, 0.1) is 0 Å². The van der Waals surface area contributed by atoms with Crippen LogP contribution in [0.25, 0.3) is 11.4 Å². The molecule has 0 amide bonds. The number of carbonyl (C=O) groups is 1. The molecule has 0 spiro atoms. The van der Waals surface area contributed by atoms with Gasteiger partial charge in [-0.1, -0.05) is 36.3 Å². The number of nitrogens with zero attached hydrogens (tertiary/aromatic N) is 2. The fourth-order valence-electron chi connectivity index (χ4n) is 2.60. The molecule has 7 heteroatoms. The molecule has 0 aliphatic heterocycles. The number of carbonyl (C=O) groups excluding carboxylic acids is 1. The van der Waals surface area contributed by atoms with Gasteiger partial charge in [0.25, 0.3) is 5.89 Å². The van der Waals surface area contributed by atoms with Crippen molar-refractivity contribution >= 4 is 5.97 Å². The van der Waals surface area contributed by atoms with Gasteiger partial charge in [0.05, 0.1) is 19.3 Å². The second kappa shape index (κ2) is 9.03. The second-order valence-electron chi connectivity index (χ2n) is 5.94. The van der Waals surface area contributed by atoms with Gasteiger partial charge in [-0.3, -0.25) is 0 Å². The quantitative estimate of drug-likeness (QED) is 0.543. The number of methoxy groups -OCH3 is 1. The van der Waals surface area contributed by atoms with Crippen LogP contribution in [0.5, 0.6) is 11.5 Å². The topological polar surface area (TPSA) is 83.7 Å². The molecule has 0 atom stereocenters. The first-order valence-corrected chi connectivity index (χ1v) is 9.04. The van der Waals surface area contributed by atoms with Crippen molar-refractivity contribution in [1.82, 2.24) is 10.1 Å². The van der Waals surface area contributed by atoms with Crippen LogP contribution in [0.4, 0.5) is 0 Å². The molecule has 3 aromatic rings. The van der Waals surface area contributed by atoms with Gasteiger partial charge in [0.2, 0.25) is 5.82 Å². The van der Waals surface area contributed by atoms with E-state index in [0.717, 1.165) is 12.0 Å². The van der Waals surface area contributed by atoms with Crippen LogP contribution in [0.2, 0.25) is 0 Å². The van der Waals surface area contributed by atoms with Crippen molar-refractivity contribution < 1.29 is 23.5 Å². The van der Waals surface area contributed by atoms with Crippen LogP contribution < -0.4 is 9.47 Å². The van der Waals surface area contributed by atoms with E-state index in [4.69, 9.17) is 18.7 Å². The summed E-state index contributed by atoms with van der Waals surface area (Å²) in [5.74, 6) is 1.19. The monoisotopic (exact) mass is 382 g/mol. The van der Waals surface area contributed by atoms with Gasteiger partial charge in [0, 0.05) is 5.56 Å². The summed E-state index contributed by atoms with van der Waals surface area (Å²) >= 11 is 0. The summed E-state index contributed by atoms with van der Waals surface area (Å²) in [6, 6.07) is 12.8. The van der Waals surface area contributed by atoms with Gasteiger partial charge in [-0.15, -0.1) is 0 Å². The number of hydrogen-bond acceptors (Lipinski definition) is 7. The van der Waals surface area contributed by atoms with Crippen molar-refractivity contribution in [2.45, 2.75) is 26.9 Å². The van der Waals surface area contributed by atoms with Gasteiger partial charge in [0.15, 0.2) is 18.1 Å². The maximum Gasteiger partial charge on any atom is 0.338 e. The predicted molar refractivity (Wildman–Crippen MR) is 102 cm³/mol. The molecule has 146 valence electrons. The molecule has 7 nitrogen and oxygen atoms in total. The Labute approximate surface area is 163 Å². The molecule has 2 aromatic carbocycles. The van der Waals surface area contributed by atoms with Gasteiger partial charge < -0.3 is 18.7 Å². The Kier molecular flexibility index (Phi) is 6.26. The van der Waals surface area contributed by atoms with Crippen LogP contribution in [0.1, 0.15) is 35.7 Å². The van der Waals surface area contributed by atoms with Gasteiger partial charge in [-0.05, 0) is 37.1 Å². The smallest absolute Gasteiger partial charge is 0.338 e. The fourth-order valence-corrected chi connectivity index (χ4v) is 2.60. The Morgan fingerprint density at radius 3 is 2.54 bits per heavy atom. The van der Waals surface area contributed by atoms with Crippen molar-refractivity contribution in [2.75, 3.05) is 13.7 Å². The molecule has 0 fully saturated rings. The highest BCUT2D eigenvalue weighted by Crippen LogP contribution is 2.28. The van der Waals surface area contributed by atoms with E-state index in [1.165, 1.54) is 12.7 Å². The Balaban J connectivity index is 1.64. The zero-order chi connectivity index (χ0) is 19.9. The first kappa shape index (κ1) is 19.4. The number of rotatable bonds is 8. The van der Waals surface area contributed by atoms with Crippen molar-refractivity contribution in [2.24, 2.45) is 0 Å². The van der Waals surface area contributed by atoms with Gasteiger partial charge in [0.1, 0.15) is 0 Å². The van der Waals surface area contributed by atoms with Gasteiger partial charge in [-0.25, -0.2) is 4.79 Å². The summed E-state index contributed by atoms with van der Waals surface area (Å²) in [5.41, 5.74) is 2.41. The maximum absolute atomic E-state index is 12.3. The van der Waals surface area contributed by atoms with Crippen molar-refractivity contribution in [1.29, 1.82) is 0 Å². The van der Waals surface area contributed by atoms with E-state index in [1.54, 1.807) is 18.2 Å². The minimum atomic E-state index is -0.520. The van der Waals surface area contributed by atoms with Crippen molar-refractivity contribution in [3.05, 3.63) is 59.5 Å². The zero-order valence-electron chi connectivity index (χ0n) is 16.1. The summed E-state index contributed by atoms with van der Waals surface area (Å²) in [7, 11) is 1.51. The molecule has 1 aromatic heterocycles. The molecule has 0 N–H and O–H groups in total. The van der Waals surface area contributed by atoms with Crippen LogP contribution in [-0.2, 0) is 17.8 Å². The lowest BCUT2D eigenvalue weighted by Crippen LogP contribution is -2.06. The van der Waals surface area contributed by atoms with E-state index in [-0.39, 0.29) is 12.5 Å². The highest BCUT2D eigenvalue weighted by atomic mass is 16.6. The number of hydrogen-bond donors (Lipinski definition) is 0. The second-order valence-corrected chi connectivity index (χ2v) is 5.94. The molecule has 0 saturated heterocycles. The predicted octanol–water partition coefficient (Wildman–Crippen LogP) is 4.06. The third-order valence-corrected chi connectivity index (χ3v) is 4.11. The SMILES string of the molecule is CCOc1ccc(C(=O)OCc2nc(-c3ccc(CC)cc3)no2)cc1OC. The summed E-state index contributed by atoms with van der Waals surface area (Å²) in [6.07, 6.45) is 0.962. The molecule has 0 aliphatic carbocycles. The lowest BCUT2D eigenvalue weighted by molar-refractivity contribution is 0.0429. The Bertz CT molecular complexity index is 934. The summed E-state index contributed by atoms with van der Waals surface area (Å²) in [4.78, 5) is 16.6. The fraction of sp³-hybridized carbons (Fsp3) is 0.286. The number of ether oxygens (including phenoxy) is 3. The van der Waals surface area contributed by atoms with Crippen LogP contribution in [-0.4, -0.2) is 29.8 Å². The first-order valence-electron chi connectivity index (χ1n) is 9.04. The molecular weight excluding hydrogens is 360 g/mol. The Morgan fingerprint density at radius 1 is 1.07 bits per heavy atom. The largest absolute Gasteiger partial charge is 0.493 e. The Morgan fingerprint density at radius 2 is 1.86 bits per heavy atom. The van der Waals surface area contributed by atoms with Gasteiger partial charge in [-0.2, -0.15) is 4.98 Å². The van der Waals surface area contributed by atoms with E-state index in [0.29, 0.717) is 29.5 Å². The lowest BCUT2D eigenvalue weighted by Gasteiger charge is -2.10. The third kappa shape index (κ3) is 4.49. The molecule has 3 rings (SSSR count). The third-order valence-electron chi connectivity index (χ3n) is 4.11. The molecule has 0 saturated carbocycles. The first-order chi connectivity index (χ1) is 13.6. The molecule has 0 radical (unpaired) electrons. The molecule has 1 heterocycles. The van der Waals surface area contributed by atoms with Crippen LogP contribution in [0.3, 0.4) is 0 Å². The minimum absolute atomic E-state index is 0.117.